The molecule has 0 radical (unpaired) electrons. The molecule has 182 valence electrons. The number of carbonyl (C=O) groups excluding carboxylic acids is 2. The van der Waals surface area contributed by atoms with Crippen LogP contribution in [0.25, 0.3) is 0 Å². The third-order valence-corrected chi connectivity index (χ3v) is 5.81. The van der Waals surface area contributed by atoms with Gasteiger partial charge in [0.05, 0.1) is 32.8 Å². The molecule has 0 aliphatic carbocycles. The Bertz CT molecular complexity index is 1020. The van der Waals surface area contributed by atoms with Crippen molar-refractivity contribution in [3.05, 3.63) is 59.2 Å². The number of amides is 1. The van der Waals surface area contributed by atoms with Gasteiger partial charge in [0.1, 0.15) is 11.6 Å². The molecule has 1 fully saturated rings. The number of morpholine rings is 1. The third kappa shape index (κ3) is 6.27. The summed E-state index contributed by atoms with van der Waals surface area (Å²) in [5.41, 5.74) is 2.92. The van der Waals surface area contributed by atoms with Gasteiger partial charge >= 0.3 is 5.97 Å². The van der Waals surface area contributed by atoms with E-state index in [1.165, 1.54) is 0 Å². The molecule has 9 heteroatoms. The standard InChI is InChI=1S/C25H29N3O5.ClH/c1-2-32-23(29)14-17-13-20-15-21(7-8-22(20)33-16-17)27-25(30)19-5-3-18(4-6-19)24(26)28-9-11-31-12-10-28;/h3-8,15,17,26H,2,9-14,16H2,1H3,(H,27,30);1H. The number of halogens is 1. The molecule has 2 N–H and O–H groups in total. The molecule has 2 aromatic rings. The average molecular weight is 488 g/mol. The first-order valence-electron chi connectivity index (χ1n) is 11.3. The van der Waals surface area contributed by atoms with Gasteiger partial charge in [0.2, 0.25) is 0 Å². The molecule has 1 unspecified atom stereocenters. The van der Waals surface area contributed by atoms with Crippen LogP contribution >= 0.6 is 12.4 Å². The number of nitrogens with one attached hydrogen (secondary N) is 2. The number of amidine groups is 1. The molecule has 8 nitrogen and oxygen atoms in total. The highest BCUT2D eigenvalue weighted by molar-refractivity contribution is 6.05. The molecule has 2 aliphatic rings. The average Bonchev–Trinajstić information content (AvgIpc) is 2.84. The first-order valence-corrected chi connectivity index (χ1v) is 11.3. The molecule has 0 bridgehead atoms. The van der Waals surface area contributed by atoms with Crippen molar-refractivity contribution in [2.24, 2.45) is 5.92 Å². The summed E-state index contributed by atoms with van der Waals surface area (Å²) in [7, 11) is 0. The lowest BCUT2D eigenvalue weighted by Crippen LogP contribution is -2.40. The van der Waals surface area contributed by atoms with Crippen LogP contribution in [-0.2, 0) is 20.7 Å². The van der Waals surface area contributed by atoms with E-state index in [2.05, 4.69) is 5.32 Å². The van der Waals surface area contributed by atoms with Crippen LogP contribution in [0.1, 0.15) is 34.8 Å². The maximum absolute atomic E-state index is 12.8. The SMILES string of the molecule is CCOC(=O)CC1COc2ccc(NC(=O)c3ccc(C(=N)N4CCOCC4)cc3)cc2C1.Cl. The van der Waals surface area contributed by atoms with Crippen molar-refractivity contribution in [3.8, 4) is 5.75 Å². The summed E-state index contributed by atoms with van der Waals surface area (Å²) in [5, 5.41) is 11.3. The predicted molar refractivity (Wildman–Crippen MR) is 131 cm³/mol. The van der Waals surface area contributed by atoms with E-state index in [-0.39, 0.29) is 30.2 Å². The Labute approximate surface area is 205 Å². The molecule has 4 rings (SSSR count). The highest BCUT2D eigenvalue weighted by Gasteiger charge is 2.23. The van der Waals surface area contributed by atoms with Crippen molar-refractivity contribution < 1.29 is 23.8 Å². The Morgan fingerprint density at radius 3 is 2.53 bits per heavy atom. The molecular weight excluding hydrogens is 458 g/mol. The van der Waals surface area contributed by atoms with Crippen molar-refractivity contribution in [3.63, 3.8) is 0 Å². The van der Waals surface area contributed by atoms with Crippen molar-refractivity contribution >= 4 is 35.8 Å². The summed E-state index contributed by atoms with van der Waals surface area (Å²) in [6.07, 6.45) is 1.01. The fourth-order valence-corrected chi connectivity index (χ4v) is 4.07. The first-order chi connectivity index (χ1) is 16.0. The fraction of sp³-hybridized carbons (Fsp3) is 0.400. The van der Waals surface area contributed by atoms with Crippen LogP contribution in [0.3, 0.4) is 0 Å². The van der Waals surface area contributed by atoms with Gasteiger partial charge in [-0.05, 0) is 49.2 Å². The number of fused-ring (bicyclic) bond motifs is 1. The van der Waals surface area contributed by atoms with Crippen LogP contribution in [0, 0.1) is 11.3 Å². The Morgan fingerprint density at radius 2 is 1.82 bits per heavy atom. The van der Waals surface area contributed by atoms with Crippen molar-refractivity contribution in [2.45, 2.75) is 19.8 Å². The number of rotatable bonds is 6. The zero-order valence-corrected chi connectivity index (χ0v) is 20.0. The summed E-state index contributed by atoms with van der Waals surface area (Å²) < 4.78 is 16.2. The van der Waals surface area contributed by atoms with E-state index in [4.69, 9.17) is 19.6 Å². The zero-order valence-electron chi connectivity index (χ0n) is 19.2. The lowest BCUT2D eigenvalue weighted by Gasteiger charge is -2.29. The van der Waals surface area contributed by atoms with Gasteiger partial charge in [0, 0.05) is 35.8 Å². The van der Waals surface area contributed by atoms with Gasteiger partial charge in [0.15, 0.2) is 0 Å². The zero-order chi connectivity index (χ0) is 23.2. The minimum atomic E-state index is -0.223. The van der Waals surface area contributed by atoms with E-state index in [1.54, 1.807) is 31.2 Å². The number of nitrogens with zero attached hydrogens (tertiary/aromatic N) is 1. The molecular formula is C25H30ClN3O5. The lowest BCUT2D eigenvalue weighted by atomic mass is 9.93. The molecule has 0 aromatic heterocycles. The normalized spacial score (nSPS) is 17.0. The Balaban J connectivity index is 0.00000324. The maximum atomic E-state index is 12.8. The predicted octanol–water partition coefficient (Wildman–Crippen LogP) is 3.52. The number of hydrogen-bond donors (Lipinski definition) is 2. The number of ether oxygens (including phenoxy) is 3. The summed E-state index contributed by atoms with van der Waals surface area (Å²) in [5.74, 6) is 0.830. The van der Waals surface area contributed by atoms with Crippen molar-refractivity contribution in [1.29, 1.82) is 5.41 Å². The number of hydrogen-bond acceptors (Lipinski definition) is 6. The molecule has 0 saturated carbocycles. The minimum Gasteiger partial charge on any atom is -0.493 e. The fourth-order valence-electron chi connectivity index (χ4n) is 4.07. The van der Waals surface area contributed by atoms with Gasteiger partial charge in [-0.25, -0.2) is 0 Å². The number of benzene rings is 2. The minimum absolute atomic E-state index is 0. The molecule has 1 atom stereocenters. The smallest absolute Gasteiger partial charge is 0.306 e. The van der Waals surface area contributed by atoms with Crippen LogP contribution in [-0.4, -0.2) is 62.1 Å². The van der Waals surface area contributed by atoms with E-state index >= 15 is 0 Å². The van der Waals surface area contributed by atoms with Gasteiger partial charge in [-0.15, -0.1) is 12.4 Å². The molecule has 34 heavy (non-hydrogen) atoms. The van der Waals surface area contributed by atoms with Crippen LogP contribution in [0.15, 0.2) is 42.5 Å². The quantitative estimate of drug-likeness (QED) is 0.367. The lowest BCUT2D eigenvalue weighted by molar-refractivity contribution is -0.144. The molecule has 1 saturated heterocycles. The highest BCUT2D eigenvalue weighted by Crippen LogP contribution is 2.31. The van der Waals surface area contributed by atoms with Crippen LogP contribution in [0.5, 0.6) is 5.75 Å². The van der Waals surface area contributed by atoms with Crippen LogP contribution in [0.2, 0.25) is 0 Å². The molecule has 2 aromatic carbocycles. The van der Waals surface area contributed by atoms with Crippen LogP contribution in [0.4, 0.5) is 5.69 Å². The van der Waals surface area contributed by atoms with E-state index in [0.29, 0.717) is 69.4 Å². The highest BCUT2D eigenvalue weighted by atomic mass is 35.5. The Hall–Kier alpha value is -3.10. The summed E-state index contributed by atoms with van der Waals surface area (Å²) in [6.45, 7) is 5.28. The van der Waals surface area contributed by atoms with E-state index in [0.717, 1.165) is 16.9 Å². The van der Waals surface area contributed by atoms with Gasteiger partial charge in [-0.1, -0.05) is 12.1 Å². The number of anilines is 1. The van der Waals surface area contributed by atoms with Crippen LogP contribution < -0.4 is 10.1 Å². The van der Waals surface area contributed by atoms with Gasteiger partial charge in [-0.3, -0.25) is 15.0 Å². The summed E-state index contributed by atoms with van der Waals surface area (Å²) in [4.78, 5) is 26.5. The number of esters is 1. The van der Waals surface area contributed by atoms with E-state index in [1.807, 2.05) is 23.1 Å². The Kier molecular flexibility index (Phi) is 8.90. The van der Waals surface area contributed by atoms with E-state index in [9.17, 15) is 9.59 Å². The van der Waals surface area contributed by atoms with Gasteiger partial charge in [0.25, 0.3) is 5.91 Å². The second-order valence-corrected chi connectivity index (χ2v) is 8.19. The molecule has 0 spiro atoms. The van der Waals surface area contributed by atoms with Crippen molar-refractivity contribution in [1.82, 2.24) is 4.90 Å². The topological polar surface area (TPSA) is 101 Å². The van der Waals surface area contributed by atoms with E-state index < -0.39 is 0 Å². The third-order valence-electron chi connectivity index (χ3n) is 5.81. The van der Waals surface area contributed by atoms with Crippen molar-refractivity contribution in [2.75, 3.05) is 44.8 Å². The maximum Gasteiger partial charge on any atom is 0.306 e. The van der Waals surface area contributed by atoms with Gasteiger partial charge in [-0.2, -0.15) is 0 Å². The first kappa shape index (κ1) is 25.5. The molecule has 1 amide bonds. The summed E-state index contributed by atoms with van der Waals surface area (Å²) in [6, 6.07) is 12.6. The Morgan fingerprint density at radius 1 is 1.12 bits per heavy atom. The largest absolute Gasteiger partial charge is 0.493 e. The molecule has 2 heterocycles. The second kappa shape index (κ2) is 11.9. The molecule has 2 aliphatic heterocycles. The second-order valence-electron chi connectivity index (χ2n) is 8.19. The summed E-state index contributed by atoms with van der Waals surface area (Å²) >= 11 is 0. The van der Waals surface area contributed by atoms with Gasteiger partial charge < -0.3 is 24.4 Å². The monoisotopic (exact) mass is 487 g/mol. The number of carbonyl (C=O) groups is 2.